The molecule has 0 amide bonds. The van der Waals surface area contributed by atoms with E-state index in [1.165, 1.54) is 0 Å². The number of nitrogens with zero attached hydrogens (tertiary/aromatic N) is 4. The summed E-state index contributed by atoms with van der Waals surface area (Å²) in [5, 5.41) is 14.4. The highest BCUT2D eigenvalue weighted by Gasteiger charge is 2.15. The number of benzene rings is 1. The van der Waals surface area contributed by atoms with Crippen molar-refractivity contribution in [2.24, 2.45) is 7.05 Å². The van der Waals surface area contributed by atoms with Gasteiger partial charge in [0.1, 0.15) is 6.10 Å². The van der Waals surface area contributed by atoms with E-state index in [0.29, 0.717) is 11.4 Å². The quantitative estimate of drug-likeness (QED) is 0.736. The van der Waals surface area contributed by atoms with Crippen molar-refractivity contribution < 1.29 is 5.11 Å². The summed E-state index contributed by atoms with van der Waals surface area (Å²) in [6.45, 7) is 0. The van der Waals surface area contributed by atoms with Gasteiger partial charge in [-0.15, -0.1) is 0 Å². The molecule has 18 heavy (non-hydrogen) atoms. The van der Waals surface area contributed by atoms with Crippen molar-refractivity contribution in [2.45, 2.75) is 6.10 Å². The van der Waals surface area contributed by atoms with Crippen LogP contribution in [0.15, 0.2) is 42.7 Å². The summed E-state index contributed by atoms with van der Waals surface area (Å²) in [5.74, 6) is 0. The Labute approximate surface area is 104 Å². The minimum atomic E-state index is -0.844. The van der Waals surface area contributed by atoms with Crippen LogP contribution in [0.5, 0.6) is 0 Å². The first-order valence-corrected chi connectivity index (χ1v) is 5.63. The normalized spacial score (nSPS) is 12.8. The van der Waals surface area contributed by atoms with Crippen LogP contribution < -0.4 is 0 Å². The fourth-order valence-corrected chi connectivity index (χ4v) is 1.83. The predicted octanol–water partition coefficient (Wildman–Crippen LogP) is 1.44. The molecule has 0 radical (unpaired) electrons. The molecule has 0 aliphatic heterocycles. The Kier molecular flexibility index (Phi) is 2.53. The van der Waals surface area contributed by atoms with Gasteiger partial charge in [-0.1, -0.05) is 12.1 Å². The Bertz CT molecular complexity index is 692. The molecule has 1 N–H and O–H groups in total. The molecular weight excluding hydrogens is 228 g/mol. The highest BCUT2D eigenvalue weighted by Crippen LogP contribution is 2.19. The number of aliphatic hydroxyl groups is 1. The third kappa shape index (κ3) is 1.84. The largest absolute Gasteiger partial charge is 0.380 e. The van der Waals surface area contributed by atoms with Crippen molar-refractivity contribution in [2.75, 3.05) is 0 Å². The highest BCUT2D eigenvalue weighted by atomic mass is 16.3. The average molecular weight is 240 g/mol. The van der Waals surface area contributed by atoms with Gasteiger partial charge in [0.15, 0.2) is 0 Å². The first-order valence-electron chi connectivity index (χ1n) is 5.63. The molecule has 0 fully saturated rings. The maximum atomic E-state index is 10.2. The van der Waals surface area contributed by atoms with Crippen LogP contribution in [-0.2, 0) is 7.05 Å². The standard InChI is InChI=1S/C13H12N4O/c1-17-7-6-11(16-17)13(18)12-8-14-9-4-2-3-5-10(9)15-12/h2-8,13,18H,1H3. The molecule has 2 aromatic heterocycles. The van der Waals surface area contributed by atoms with Gasteiger partial charge in [0.25, 0.3) is 0 Å². The molecule has 0 saturated heterocycles. The van der Waals surface area contributed by atoms with Gasteiger partial charge < -0.3 is 5.11 Å². The van der Waals surface area contributed by atoms with Crippen LogP contribution in [0, 0.1) is 0 Å². The van der Waals surface area contributed by atoms with Gasteiger partial charge in [0.05, 0.1) is 28.6 Å². The van der Waals surface area contributed by atoms with Gasteiger partial charge in [-0.05, 0) is 18.2 Å². The number of hydrogen-bond donors (Lipinski definition) is 1. The van der Waals surface area contributed by atoms with E-state index in [4.69, 9.17) is 0 Å². The number of hydrogen-bond acceptors (Lipinski definition) is 4. The second kappa shape index (κ2) is 4.19. The fraction of sp³-hybridized carbons (Fsp3) is 0.154. The zero-order valence-corrected chi connectivity index (χ0v) is 9.85. The second-order valence-electron chi connectivity index (χ2n) is 4.10. The third-order valence-corrected chi connectivity index (χ3v) is 2.76. The molecule has 90 valence electrons. The molecule has 1 atom stereocenters. The molecule has 2 heterocycles. The van der Waals surface area contributed by atoms with Crippen molar-refractivity contribution in [3.8, 4) is 0 Å². The minimum absolute atomic E-state index is 0.507. The zero-order valence-electron chi connectivity index (χ0n) is 9.85. The number of fused-ring (bicyclic) bond motifs is 1. The van der Waals surface area contributed by atoms with Crippen LogP contribution in [0.1, 0.15) is 17.5 Å². The molecule has 0 spiro atoms. The van der Waals surface area contributed by atoms with E-state index in [1.54, 1.807) is 23.1 Å². The number of rotatable bonds is 2. The monoisotopic (exact) mass is 240 g/mol. The summed E-state index contributed by atoms with van der Waals surface area (Å²) in [6.07, 6.45) is 2.53. The Morgan fingerprint density at radius 3 is 2.61 bits per heavy atom. The Morgan fingerprint density at radius 1 is 1.11 bits per heavy atom. The van der Waals surface area contributed by atoms with Crippen molar-refractivity contribution in [1.82, 2.24) is 19.7 Å². The lowest BCUT2D eigenvalue weighted by Crippen LogP contribution is -2.05. The molecule has 3 aromatic rings. The second-order valence-corrected chi connectivity index (χ2v) is 4.10. The van der Waals surface area contributed by atoms with E-state index in [0.717, 1.165) is 11.0 Å². The van der Waals surface area contributed by atoms with Crippen molar-refractivity contribution in [3.63, 3.8) is 0 Å². The van der Waals surface area contributed by atoms with Crippen molar-refractivity contribution >= 4 is 11.0 Å². The summed E-state index contributed by atoms with van der Waals surface area (Å²) in [5.41, 5.74) is 2.66. The molecule has 0 aliphatic rings. The summed E-state index contributed by atoms with van der Waals surface area (Å²) < 4.78 is 1.65. The third-order valence-electron chi connectivity index (χ3n) is 2.76. The molecule has 3 rings (SSSR count). The summed E-state index contributed by atoms with van der Waals surface area (Å²) in [4.78, 5) is 8.68. The SMILES string of the molecule is Cn1ccc(C(O)c2cnc3ccccc3n2)n1. The average Bonchev–Trinajstić information content (AvgIpc) is 2.84. The Hall–Kier alpha value is -2.27. The molecule has 0 aliphatic carbocycles. The first kappa shape index (κ1) is 10.9. The van der Waals surface area contributed by atoms with E-state index in [9.17, 15) is 5.11 Å². The van der Waals surface area contributed by atoms with E-state index in [2.05, 4.69) is 15.1 Å². The van der Waals surface area contributed by atoms with Crippen molar-refractivity contribution in [3.05, 3.63) is 54.1 Å². The van der Waals surface area contributed by atoms with Gasteiger partial charge in [-0.25, -0.2) is 4.98 Å². The van der Waals surface area contributed by atoms with E-state index in [1.807, 2.05) is 31.3 Å². The van der Waals surface area contributed by atoms with Crippen LogP contribution in [0.25, 0.3) is 11.0 Å². The van der Waals surface area contributed by atoms with Gasteiger partial charge in [0.2, 0.25) is 0 Å². The van der Waals surface area contributed by atoms with Gasteiger partial charge in [0, 0.05) is 13.2 Å². The summed E-state index contributed by atoms with van der Waals surface area (Å²) in [6, 6.07) is 9.33. The maximum absolute atomic E-state index is 10.2. The zero-order chi connectivity index (χ0) is 12.5. The van der Waals surface area contributed by atoms with E-state index >= 15 is 0 Å². The molecule has 5 nitrogen and oxygen atoms in total. The van der Waals surface area contributed by atoms with Crippen LogP contribution in [0.3, 0.4) is 0 Å². The maximum Gasteiger partial charge on any atom is 0.141 e. The van der Waals surface area contributed by atoms with Gasteiger partial charge >= 0.3 is 0 Å². The lowest BCUT2D eigenvalue weighted by molar-refractivity contribution is 0.209. The smallest absolute Gasteiger partial charge is 0.141 e. The molecule has 1 unspecified atom stereocenters. The van der Waals surface area contributed by atoms with Gasteiger partial charge in [-0.2, -0.15) is 5.10 Å². The fourth-order valence-electron chi connectivity index (χ4n) is 1.83. The van der Waals surface area contributed by atoms with Crippen LogP contribution in [-0.4, -0.2) is 24.9 Å². The number of aliphatic hydroxyl groups excluding tert-OH is 1. The molecule has 1 aromatic carbocycles. The number of aryl methyl sites for hydroxylation is 1. The number of para-hydroxylation sites is 2. The highest BCUT2D eigenvalue weighted by molar-refractivity contribution is 5.73. The van der Waals surface area contributed by atoms with Crippen LogP contribution in [0.2, 0.25) is 0 Å². The van der Waals surface area contributed by atoms with Crippen LogP contribution in [0.4, 0.5) is 0 Å². The lowest BCUT2D eigenvalue weighted by Gasteiger charge is -2.07. The molecule has 0 saturated carbocycles. The summed E-state index contributed by atoms with van der Waals surface area (Å²) in [7, 11) is 1.81. The Morgan fingerprint density at radius 2 is 1.89 bits per heavy atom. The topological polar surface area (TPSA) is 63.8 Å². The molecule has 5 heteroatoms. The molecule has 0 bridgehead atoms. The van der Waals surface area contributed by atoms with Crippen LogP contribution >= 0.6 is 0 Å². The Balaban J connectivity index is 2.03. The first-order chi connectivity index (χ1) is 8.74. The van der Waals surface area contributed by atoms with Gasteiger partial charge in [-0.3, -0.25) is 9.67 Å². The lowest BCUT2D eigenvalue weighted by atomic mass is 10.2. The predicted molar refractivity (Wildman–Crippen MR) is 66.8 cm³/mol. The molecular formula is C13H12N4O. The van der Waals surface area contributed by atoms with E-state index in [-0.39, 0.29) is 0 Å². The summed E-state index contributed by atoms with van der Waals surface area (Å²) >= 11 is 0. The minimum Gasteiger partial charge on any atom is -0.380 e. The van der Waals surface area contributed by atoms with E-state index < -0.39 is 6.10 Å². The van der Waals surface area contributed by atoms with Crippen molar-refractivity contribution in [1.29, 1.82) is 0 Å². The number of aromatic nitrogens is 4.